The fourth-order valence-corrected chi connectivity index (χ4v) is 3.84. The van der Waals surface area contributed by atoms with Crippen LogP contribution < -0.4 is 10.6 Å². The van der Waals surface area contributed by atoms with Gasteiger partial charge in [-0.15, -0.1) is 0 Å². The van der Waals surface area contributed by atoms with Crippen LogP contribution in [0.15, 0.2) is 24.3 Å². The molecule has 1 aromatic rings. The fraction of sp³-hybridized carbons (Fsp3) is 0.643. The maximum atomic E-state index is 13.6. The van der Waals surface area contributed by atoms with Crippen LogP contribution in [0.5, 0.6) is 0 Å². The van der Waals surface area contributed by atoms with Crippen molar-refractivity contribution in [3.05, 3.63) is 35.4 Å². The first kappa shape index (κ1) is 31.9. The molecule has 0 fully saturated rings. The van der Waals surface area contributed by atoms with Gasteiger partial charge in [-0.05, 0) is 71.4 Å². The van der Waals surface area contributed by atoms with Crippen molar-refractivity contribution in [2.45, 2.75) is 92.3 Å². The van der Waals surface area contributed by atoms with E-state index in [0.717, 1.165) is 12.0 Å². The Morgan fingerprint density at radius 2 is 1.65 bits per heavy atom. The first-order valence-electron chi connectivity index (χ1n) is 13.0. The SMILES string of the molecule is CCOC(=O)CCNC(=O)C(c1ccccc1C)N(C(=O)CNC(=O)OC(C)(C)C)C(C)CCC(C)C. The van der Waals surface area contributed by atoms with E-state index in [1.54, 1.807) is 32.6 Å². The number of carbonyl (C=O) groups is 4. The molecule has 0 aliphatic heterocycles. The maximum Gasteiger partial charge on any atom is 0.408 e. The Hall–Kier alpha value is -3.10. The van der Waals surface area contributed by atoms with E-state index in [1.807, 2.05) is 38.1 Å². The standard InChI is InChI=1S/C28H45N3O6/c1-9-36-24(33)16-17-29-26(34)25(22-13-11-10-12-20(22)4)31(21(5)15-14-19(2)3)23(32)18-30-27(35)37-28(6,7)8/h10-13,19,21,25H,9,14-18H2,1-8H3,(H,29,34)(H,30,35). The Morgan fingerprint density at radius 1 is 1.00 bits per heavy atom. The first-order valence-corrected chi connectivity index (χ1v) is 13.0. The lowest BCUT2D eigenvalue weighted by Crippen LogP contribution is -2.51. The monoisotopic (exact) mass is 519 g/mol. The Kier molecular flexibility index (Phi) is 13.1. The van der Waals surface area contributed by atoms with Crippen LogP contribution in [0.2, 0.25) is 0 Å². The van der Waals surface area contributed by atoms with Gasteiger partial charge in [-0.2, -0.15) is 0 Å². The molecular weight excluding hydrogens is 474 g/mol. The van der Waals surface area contributed by atoms with Crippen LogP contribution in [0.25, 0.3) is 0 Å². The molecule has 9 nitrogen and oxygen atoms in total. The minimum absolute atomic E-state index is 0.0249. The number of carbonyl (C=O) groups excluding carboxylic acids is 4. The lowest BCUT2D eigenvalue weighted by atomic mass is 9.95. The molecule has 1 rings (SSSR count). The molecule has 0 aliphatic carbocycles. The Bertz CT molecular complexity index is 909. The third kappa shape index (κ3) is 11.7. The van der Waals surface area contributed by atoms with E-state index < -0.39 is 35.5 Å². The number of nitrogens with zero attached hydrogens (tertiary/aromatic N) is 1. The molecule has 0 saturated carbocycles. The van der Waals surface area contributed by atoms with Crippen LogP contribution in [-0.2, 0) is 23.9 Å². The average molecular weight is 520 g/mol. The van der Waals surface area contributed by atoms with Crippen molar-refractivity contribution in [3.8, 4) is 0 Å². The molecular formula is C28H45N3O6. The van der Waals surface area contributed by atoms with E-state index in [9.17, 15) is 19.2 Å². The van der Waals surface area contributed by atoms with E-state index in [1.165, 1.54) is 0 Å². The van der Waals surface area contributed by atoms with Gasteiger partial charge in [0.2, 0.25) is 11.8 Å². The van der Waals surface area contributed by atoms with Crippen LogP contribution in [-0.4, -0.2) is 60.1 Å². The molecule has 0 radical (unpaired) electrons. The van der Waals surface area contributed by atoms with E-state index in [0.29, 0.717) is 17.9 Å². The molecule has 0 bridgehead atoms. The van der Waals surface area contributed by atoms with Gasteiger partial charge in [-0.1, -0.05) is 38.1 Å². The number of benzene rings is 1. The molecule has 3 amide bonds. The number of nitrogens with one attached hydrogen (secondary N) is 2. The molecule has 0 spiro atoms. The van der Waals surface area contributed by atoms with E-state index >= 15 is 0 Å². The van der Waals surface area contributed by atoms with Gasteiger partial charge in [0.25, 0.3) is 0 Å². The number of esters is 1. The Morgan fingerprint density at radius 3 is 2.22 bits per heavy atom. The molecule has 208 valence electrons. The quantitative estimate of drug-likeness (QED) is 0.376. The van der Waals surface area contributed by atoms with Crippen molar-refractivity contribution in [2.24, 2.45) is 5.92 Å². The third-order valence-electron chi connectivity index (χ3n) is 5.65. The second-order valence-corrected chi connectivity index (χ2v) is 10.6. The van der Waals surface area contributed by atoms with Crippen molar-refractivity contribution in [2.75, 3.05) is 19.7 Å². The second-order valence-electron chi connectivity index (χ2n) is 10.6. The zero-order valence-electron chi connectivity index (χ0n) is 23.7. The summed E-state index contributed by atoms with van der Waals surface area (Å²) in [5.74, 6) is -0.804. The highest BCUT2D eigenvalue weighted by Crippen LogP contribution is 2.28. The summed E-state index contributed by atoms with van der Waals surface area (Å²) in [5.41, 5.74) is 0.819. The number of alkyl carbamates (subject to hydrolysis) is 1. The molecule has 0 aromatic heterocycles. The Labute approximate surface area is 221 Å². The van der Waals surface area contributed by atoms with Gasteiger partial charge in [-0.25, -0.2) is 4.79 Å². The summed E-state index contributed by atoms with van der Waals surface area (Å²) in [7, 11) is 0. The highest BCUT2D eigenvalue weighted by molar-refractivity contribution is 5.91. The van der Waals surface area contributed by atoms with Gasteiger partial charge in [-0.3, -0.25) is 14.4 Å². The van der Waals surface area contributed by atoms with E-state index in [4.69, 9.17) is 9.47 Å². The average Bonchev–Trinajstić information content (AvgIpc) is 2.79. The van der Waals surface area contributed by atoms with Crippen molar-refractivity contribution < 1.29 is 28.7 Å². The number of hydrogen-bond donors (Lipinski definition) is 2. The molecule has 0 aliphatic rings. The number of amides is 3. The third-order valence-corrected chi connectivity index (χ3v) is 5.65. The lowest BCUT2D eigenvalue weighted by molar-refractivity contribution is -0.144. The van der Waals surface area contributed by atoms with Gasteiger partial charge >= 0.3 is 12.1 Å². The summed E-state index contributed by atoms with van der Waals surface area (Å²) in [5, 5.41) is 5.33. The van der Waals surface area contributed by atoms with Gasteiger partial charge < -0.3 is 25.0 Å². The number of rotatable bonds is 13. The van der Waals surface area contributed by atoms with Crippen LogP contribution in [0.3, 0.4) is 0 Å². The first-order chi connectivity index (χ1) is 17.3. The zero-order chi connectivity index (χ0) is 28.2. The summed E-state index contributed by atoms with van der Waals surface area (Å²) in [4.78, 5) is 52.7. The smallest absolute Gasteiger partial charge is 0.408 e. The van der Waals surface area contributed by atoms with Crippen molar-refractivity contribution in [1.82, 2.24) is 15.5 Å². The van der Waals surface area contributed by atoms with Crippen LogP contribution in [0, 0.1) is 12.8 Å². The topological polar surface area (TPSA) is 114 Å². The number of aryl methyl sites for hydroxylation is 1. The van der Waals surface area contributed by atoms with Crippen LogP contribution >= 0.6 is 0 Å². The molecule has 1 aromatic carbocycles. The molecule has 2 N–H and O–H groups in total. The predicted molar refractivity (Wildman–Crippen MR) is 143 cm³/mol. The van der Waals surface area contributed by atoms with Crippen LogP contribution in [0.1, 0.15) is 84.9 Å². The fourth-order valence-electron chi connectivity index (χ4n) is 3.84. The van der Waals surface area contributed by atoms with E-state index in [2.05, 4.69) is 24.5 Å². The largest absolute Gasteiger partial charge is 0.466 e. The predicted octanol–water partition coefficient (Wildman–Crippen LogP) is 4.28. The molecule has 0 heterocycles. The van der Waals surface area contributed by atoms with Gasteiger partial charge in [0.1, 0.15) is 18.2 Å². The molecule has 2 atom stereocenters. The number of hydrogen-bond acceptors (Lipinski definition) is 6. The van der Waals surface area contributed by atoms with Gasteiger partial charge in [0, 0.05) is 12.6 Å². The summed E-state index contributed by atoms with van der Waals surface area (Å²) < 4.78 is 10.2. The molecule has 9 heteroatoms. The minimum Gasteiger partial charge on any atom is -0.466 e. The highest BCUT2D eigenvalue weighted by Gasteiger charge is 2.35. The van der Waals surface area contributed by atoms with Gasteiger partial charge in [0.05, 0.1) is 13.0 Å². The normalized spacial score (nSPS) is 12.9. The van der Waals surface area contributed by atoms with Crippen molar-refractivity contribution >= 4 is 23.9 Å². The summed E-state index contributed by atoms with van der Waals surface area (Å²) in [6.45, 7) is 15.0. The summed E-state index contributed by atoms with van der Waals surface area (Å²) in [6.07, 6.45) is 0.850. The van der Waals surface area contributed by atoms with E-state index in [-0.39, 0.29) is 32.2 Å². The summed E-state index contributed by atoms with van der Waals surface area (Å²) >= 11 is 0. The van der Waals surface area contributed by atoms with Crippen LogP contribution in [0.4, 0.5) is 4.79 Å². The second kappa shape index (κ2) is 15.2. The maximum absolute atomic E-state index is 13.6. The molecule has 37 heavy (non-hydrogen) atoms. The zero-order valence-corrected chi connectivity index (χ0v) is 23.7. The highest BCUT2D eigenvalue weighted by atomic mass is 16.6. The number of ether oxygens (including phenoxy) is 2. The van der Waals surface area contributed by atoms with Gasteiger partial charge in [0.15, 0.2) is 0 Å². The molecule has 0 saturated heterocycles. The Balaban J connectivity index is 3.29. The lowest BCUT2D eigenvalue weighted by Gasteiger charge is -2.37. The molecule has 2 unspecified atom stereocenters. The van der Waals surface area contributed by atoms with Crippen molar-refractivity contribution in [3.63, 3.8) is 0 Å². The van der Waals surface area contributed by atoms with Crippen molar-refractivity contribution in [1.29, 1.82) is 0 Å². The minimum atomic E-state index is -0.946. The summed E-state index contributed by atoms with van der Waals surface area (Å²) in [6, 6.07) is 6.15.